The molecule has 1 aliphatic heterocycles. The van der Waals surface area contributed by atoms with E-state index >= 15 is 0 Å². The molecular formula is C36H45BO4. The van der Waals surface area contributed by atoms with Crippen LogP contribution in [0.25, 0.3) is 32.7 Å². The second-order valence-corrected chi connectivity index (χ2v) is 14.4. The minimum atomic E-state index is -0.586. The molecule has 0 aliphatic carbocycles. The number of fused-ring (bicyclic) bond motifs is 2. The molecule has 5 heteroatoms. The normalized spacial score (nSPS) is 17.0. The number of benzene rings is 4. The Morgan fingerprint density at radius 1 is 0.756 bits per heavy atom. The van der Waals surface area contributed by atoms with Crippen molar-refractivity contribution in [2.75, 3.05) is 13.9 Å². The molecule has 0 bridgehead atoms. The van der Waals surface area contributed by atoms with E-state index in [1.54, 1.807) is 7.11 Å². The van der Waals surface area contributed by atoms with Crippen LogP contribution in [0.3, 0.4) is 0 Å². The zero-order valence-electron chi connectivity index (χ0n) is 26.5. The zero-order chi connectivity index (χ0) is 29.8. The first-order valence-corrected chi connectivity index (χ1v) is 14.7. The Bertz CT molecular complexity index is 1510. The van der Waals surface area contributed by atoms with Crippen LogP contribution in [-0.4, -0.2) is 32.2 Å². The lowest BCUT2D eigenvalue weighted by molar-refractivity contribution is 0.00578. The van der Waals surface area contributed by atoms with Gasteiger partial charge in [-0.3, -0.25) is 0 Å². The van der Waals surface area contributed by atoms with E-state index in [4.69, 9.17) is 18.8 Å². The van der Waals surface area contributed by atoms with E-state index in [0.29, 0.717) is 0 Å². The predicted octanol–water partition coefficient (Wildman–Crippen LogP) is 8.66. The highest BCUT2D eigenvalue weighted by atomic mass is 16.7. The van der Waals surface area contributed by atoms with Gasteiger partial charge in [-0.1, -0.05) is 89.2 Å². The lowest BCUT2D eigenvalue weighted by Crippen LogP contribution is -2.41. The first-order chi connectivity index (χ1) is 19.1. The predicted molar refractivity (Wildman–Crippen MR) is 172 cm³/mol. The second-order valence-electron chi connectivity index (χ2n) is 14.4. The Morgan fingerprint density at radius 2 is 1.29 bits per heavy atom. The topological polar surface area (TPSA) is 36.9 Å². The minimum Gasteiger partial charge on any atom is -0.467 e. The third-order valence-electron chi connectivity index (χ3n) is 8.74. The summed E-state index contributed by atoms with van der Waals surface area (Å²) in [5, 5.41) is 4.74. The number of hydrogen-bond donors (Lipinski definition) is 0. The summed E-state index contributed by atoms with van der Waals surface area (Å²) in [7, 11) is 1.07. The van der Waals surface area contributed by atoms with Crippen molar-refractivity contribution in [3.8, 4) is 16.9 Å². The SMILES string of the molecule is COCOc1c(B2OC(C)(C)C(C)(C)O2)cc(C(C)(C)CC(C)(C)C)cc1-c1c2ccccc2cc2ccccc12. The van der Waals surface area contributed by atoms with E-state index in [1.807, 2.05) is 0 Å². The molecule has 0 saturated carbocycles. The van der Waals surface area contributed by atoms with Crippen LogP contribution in [0.4, 0.5) is 0 Å². The Labute approximate surface area is 246 Å². The van der Waals surface area contributed by atoms with Gasteiger partial charge in [0, 0.05) is 23.7 Å². The second kappa shape index (κ2) is 10.5. The van der Waals surface area contributed by atoms with Crippen molar-refractivity contribution < 1.29 is 18.8 Å². The van der Waals surface area contributed by atoms with Gasteiger partial charge in [-0.15, -0.1) is 0 Å². The Hall–Kier alpha value is -2.86. The molecule has 4 nitrogen and oxygen atoms in total. The molecule has 1 heterocycles. The van der Waals surface area contributed by atoms with Crippen LogP contribution in [-0.2, 0) is 19.5 Å². The summed E-state index contributed by atoms with van der Waals surface area (Å²) in [6.45, 7) is 20.1. The third kappa shape index (κ3) is 5.65. The lowest BCUT2D eigenvalue weighted by atomic mass is 9.68. The largest absolute Gasteiger partial charge is 0.498 e. The van der Waals surface area contributed by atoms with Crippen molar-refractivity contribution in [1.82, 2.24) is 0 Å². The molecule has 0 radical (unpaired) electrons. The van der Waals surface area contributed by atoms with Crippen LogP contribution in [0.1, 0.15) is 74.3 Å². The standard InChI is InChI=1S/C36H45BO4/c1-33(2,3)22-34(4,5)26-20-29(31-27-17-13-11-15-24(27)19-25-16-12-14-18-28(25)31)32(39-23-38-10)30(21-26)37-40-35(6,7)36(8,9)41-37/h11-21H,22-23H2,1-10H3. The van der Waals surface area contributed by atoms with Gasteiger partial charge in [-0.25, -0.2) is 0 Å². The van der Waals surface area contributed by atoms with E-state index in [9.17, 15) is 0 Å². The highest BCUT2D eigenvalue weighted by Crippen LogP contribution is 2.45. The van der Waals surface area contributed by atoms with Crippen molar-refractivity contribution in [3.63, 3.8) is 0 Å². The fraction of sp³-hybridized carbons (Fsp3) is 0.444. The number of methoxy groups -OCH3 is 1. The fourth-order valence-electron chi connectivity index (χ4n) is 6.38. The van der Waals surface area contributed by atoms with E-state index in [-0.39, 0.29) is 17.6 Å². The highest BCUT2D eigenvalue weighted by Gasteiger charge is 2.53. The summed E-state index contributed by atoms with van der Waals surface area (Å²) in [6.07, 6.45) is 1.01. The van der Waals surface area contributed by atoms with Gasteiger partial charge in [-0.05, 0) is 84.2 Å². The molecule has 1 aliphatic rings. The quantitative estimate of drug-likeness (QED) is 0.131. The number of rotatable bonds is 7. The Kier molecular flexibility index (Phi) is 7.55. The molecule has 0 spiro atoms. The van der Waals surface area contributed by atoms with Crippen LogP contribution in [0, 0.1) is 5.41 Å². The van der Waals surface area contributed by atoms with Gasteiger partial charge in [-0.2, -0.15) is 0 Å². The molecular weight excluding hydrogens is 507 g/mol. The van der Waals surface area contributed by atoms with Gasteiger partial charge in [0.1, 0.15) is 5.75 Å². The minimum absolute atomic E-state index is 0.118. The highest BCUT2D eigenvalue weighted by molar-refractivity contribution is 6.63. The van der Waals surface area contributed by atoms with Crippen molar-refractivity contribution in [2.24, 2.45) is 5.41 Å². The van der Waals surface area contributed by atoms with Crippen LogP contribution >= 0.6 is 0 Å². The van der Waals surface area contributed by atoms with Crippen LogP contribution in [0.2, 0.25) is 0 Å². The van der Waals surface area contributed by atoms with Crippen LogP contribution in [0.5, 0.6) is 5.75 Å². The first-order valence-electron chi connectivity index (χ1n) is 14.7. The number of hydrogen-bond acceptors (Lipinski definition) is 4. The Morgan fingerprint density at radius 3 is 1.80 bits per heavy atom. The maximum absolute atomic E-state index is 6.66. The summed E-state index contributed by atoms with van der Waals surface area (Å²) in [6, 6.07) is 24.0. The lowest BCUT2D eigenvalue weighted by Gasteiger charge is -2.34. The summed E-state index contributed by atoms with van der Waals surface area (Å²) in [5.74, 6) is 0.738. The van der Waals surface area contributed by atoms with Crippen LogP contribution in [0.15, 0.2) is 66.7 Å². The molecule has 0 N–H and O–H groups in total. The molecule has 41 heavy (non-hydrogen) atoms. The van der Waals surface area contributed by atoms with Crippen molar-refractivity contribution in [2.45, 2.75) is 85.4 Å². The van der Waals surface area contributed by atoms with Gasteiger partial charge in [0.05, 0.1) is 11.2 Å². The van der Waals surface area contributed by atoms with Crippen molar-refractivity contribution in [1.29, 1.82) is 0 Å². The molecule has 4 aromatic rings. The van der Waals surface area contributed by atoms with E-state index in [0.717, 1.165) is 28.8 Å². The summed E-state index contributed by atoms with van der Waals surface area (Å²) in [4.78, 5) is 0. The van der Waals surface area contributed by atoms with Gasteiger partial charge in [0.15, 0.2) is 6.79 Å². The molecule has 5 rings (SSSR count). The van der Waals surface area contributed by atoms with Gasteiger partial charge in [0.2, 0.25) is 0 Å². The maximum atomic E-state index is 6.66. The first kappa shape index (κ1) is 29.6. The molecule has 0 amide bonds. The van der Waals surface area contributed by atoms with Gasteiger partial charge >= 0.3 is 7.12 Å². The van der Waals surface area contributed by atoms with E-state index in [2.05, 4.69) is 129 Å². The van der Waals surface area contributed by atoms with E-state index < -0.39 is 18.3 Å². The average molecular weight is 553 g/mol. The number of ether oxygens (including phenoxy) is 2. The van der Waals surface area contributed by atoms with Gasteiger partial charge in [0.25, 0.3) is 0 Å². The molecule has 1 fully saturated rings. The third-order valence-corrected chi connectivity index (χ3v) is 8.74. The molecule has 4 aromatic carbocycles. The molecule has 0 aromatic heterocycles. The van der Waals surface area contributed by atoms with Crippen molar-refractivity contribution in [3.05, 3.63) is 72.3 Å². The molecule has 0 unspecified atom stereocenters. The summed E-state index contributed by atoms with van der Waals surface area (Å²) < 4.78 is 25.3. The smallest absolute Gasteiger partial charge is 0.467 e. The zero-order valence-corrected chi connectivity index (χ0v) is 26.5. The molecule has 0 atom stereocenters. The molecule has 1 saturated heterocycles. The summed E-state index contributed by atoms with van der Waals surface area (Å²) in [5.41, 5.74) is 3.35. The fourth-order valence-corrected chi connectivity index (χ4v) is 6.38. The monoisotopic (exact) mass is 552 g/mol. The van der Waals surface area contributed by atoms with Crippen molar-refractivity contribution >= 4 is 34.1 Å². The van der Waals surface area contributed by atoms with Gasteiger partial charge < -0.3 is 18.8 Å². The maximum Gasteiger partial charge on any atom is 0.498 e. The molecule has 216 valence electrons. The van der Waals surface area contributed by atoms with E-state index in [1.165, 1.54) is 27.1 Å². The van der Waals surface area contributed by atoms with Crippen LogP contribution < -0.4 is 10.2 Å². The Balaban J connectivity index is 1.88. The summed E-state index contributed by atoms with van der Waals surface area (Å²) >= 11 is 0. The average Bonchev–Trinajstić information content (AvgIpc) is 3.10.